The molecule has 0 aromatic heterocycles. The van der Waals surface area contributed by atoms with Gasteiger partial charge in [0.2, 0.25) is 0 Å². The first kappa shape index (κ1) is 15.0. The predicted octanol–water partition coefficient (Wildman–Crippen LogP) is 3.43. The Kier molecular flexibility index (Phi) is 9.83. The number of hydrogen-bond donors (Lipinski definition) is 1. The molecule has 92 valence electrons. The van der Waals surface area contributed by atoms with Crippen LogP contribution < -0.4 is 4.74 Å². The summed E-state index contributed by atoms with van der Waals surface area (Å²) in [5, 5.41) is 8.62. The van der Waals surface area contributed by atoms with Gasteiger partial charge in [0.25, 0.3) is 0 Å². The van der Waals surface area contributed by atoms with E-state index >= 15 is 0 Å². The van der Waals surface area contributed by atoms with Gasteiger partial charge in [-0.3, -0.25) is 0 Å². The lowest BCUT2D eigenvalue weighted by atomic mass is 10.1. The molecule has 16 heavy (non-hydrogen) atoms. The van der Waals surface area contributed by atoms with Crippen LogP contribution in [0.3, 0.4) is 0 Å². The van der Waals surface area contributed by atoms with Gasteiger partial charge in [-0.25, -0.2) is 0 Å². The topological polar surface area (TPSA) is 29.5 Å². The summed E-state index contributed by atoms with van der Waals surface area (Å²) in [6.45, 7) is 4.31. The van der Waals surface area contributed by atoms with Crippen LogP contribution in [0.15, 0.2) is 24.3 Å². The van der Waals surface area contributed by atoms with Crippen LogP contribution in [-0.2, 0) is 6.42 Å². The summed E-state index contributed by atoms with van der Waals surface area (Å²) in [6.07, 6.45) is 4.25. The van der Waals surface area contributed by atoms with Gasteiger partial charge in [0.05, 0.1) is 7.11 Å². The van der Waals surface area contributed by atoms with Crippen molar-refractivity contribution in [3.8, 4) is 5.75 Å². The first-order valence-electron chi connectivity index (χ1n) is 6.10. The lowest BCUT2D eigenvalue weighted by molar-refractivity contribution is 0.283. The molecule has 0 unspecified atom stereocenters. The number of ether oxygens (including phenoxy) is 1. The zero-order chi connectivity index (χ0) is 12.2. The number of hydrogen-bond acceptors (Lipinski definition) is 2. The lowest BCUT2D eigenvalue weighted by Crippen LogP contribution is -1.88. The highest BCUT2D eigenvalue weighted by molar-refractivity contribution is 5.27. The third kappa shape index (κ3) is 6.46. The Labute approximate surface area is 99.3 Å². The minimum atomic E-state index is 0.308. The Balaban J connectivity index is 0.00000106. The number of unbranched alkanes of at least 4 members (excludes halogenated alkanes) is 2. The van der Waals surface area contributed by atoms with Crippen LogP contribution in [-0.4, -0.2) is 18.8 Å². The van der Waals surface area contributed by atoms with Gasteiger partial charge in [0, 0.05) is 6.61 Å². The molecule has 0 aliphatic carbocycles. The molecule has 1 aromatic rings. The normalized spacial score (nSPS) is 9.25. The van der Waals surface area contributed by atoms with Crippen molar-refractivity contribution in [2.75, 3.05) is 13.7 Å². The van der Waals surface area contributed by atoms with Gasteiger partial charge in [0.1, 0.15) is 5.75 Å². The number of aliphatic hydroxyl groups is 1. The van der Waals surface area contributed by atoms with E-state index in [0.717, 1.165) is 31.4 Å². The smallest absolute Gasteiger partial charge is 0.118 e. The van der Waals surface area contributed by atoms with Gasteiger partial charge in [-0.2, -0.15) is 0 Å². The van der Waals surface area contributed by atoms with E-state index in [1.807, 2.05) is 26.0 Å². The first-order chi connectivity index (χ1) is 7.86. The molecule has 0 radical (unpaired) electrons. The summed E-state index contributed by atoms with van der Waals surface area (Å²) >= 11 is 0. The molecular weight excluding hydrogens is 200 g/mol. The number of aliphatic hydroxyl groups excluding tert-OH is 1. The monoisotopic (exact) mass is 224 g/mol. The minimum absolute atomic E-state index is 0.308. The largest absolute Gasteiger partial charge is 0.497 e. The van der Waals surface area contributed by atoms with Gasteiger partial charge in [-0.15, -0.1) is 0 Å². The minimum Gasteiger partial charge on any atom is -0.497 e. The van der Waals surface area contributed by atoms with Crippen LogP contribution in [0.4, 0.5) is 0 Å². The van der Waals surface area contributed by atoms with Crippen molar-refractivity contribution in [3.05, 3.63) is 29.8 Å². The van der Waals surface area contributed by atoms with Crippen LogP contribution in [0.25, 0.3) is 0 Å². The van der Waals surface area contributed by atoms with Gasteiger partial charge < -0.3 is 9.84 Å². The van der Waals surface area contributed by atoms with Crippen molar-refractivity contribution in [1.29, 1.82) is 0 Å². The van der Waals surface area contributed by atoms with E-state index in [2.05, 4.69) is 12.1 Å². The summed E-state index contributed by atoms with van der Waals surface area (Å²) in [5.41, 5.74) is 1.34. The van der Waals surface area contributed by atoms with Crippen molar-refractivity contribution >= 4 is 0 Å². The molecule has 2 heteroatoms. The maximum absolute atomic E-state index is 8.62. The third-order valence-corrected chi connectivity index (χ3v) is 2.28. The average molecular weight is 224 g/mol. The summed E-state index contributed by atoms with van der Waals surface area (Å²) in [6, 6.07) is 8.16. The molecule has 2 nitrogen and oxygen atoms in total. The quantitative estimate of drug-likeness (QED) is 0.750. The zero-order valence-corrected chi connectivity index (χ0v) is 10.7. The SMILES string of the molecule is CC.COc1ccc(CCCCCO)cc1. The number of aryl methyl sites for hydroxylation is 1. The summed E-state index contributed by atoms with van der Waals surface area (Å²) in [7, 11) is 1.68. The summed E-state index contributed by atoms with van der Waals surface area (Å²) in [5.74, 6) is 0.907. The Bertz CT molecular complexity index is 241. The predicted molar refractivity (Wildman–Crippen MR) is 69.0 cm³/mol. The van der Waals surface area contributed by atoms with E-state index in [-0.39, 0.29) is 0 Å². The Hall–Kier alpha value is -1.02. The van der Waals surface area contributed by atoms with Crippen LogP contribution in [0.1, 0.15) is 38.7 Å². The van der Waals surface area contributed by atoms with E-state index in [1.165, 1.54) is 5.56 Å². The van der Waals surface area contributed by atoms with E-state index in [9.17, 15) is 0 Å². The van der Waals surface area contributed by atoms with Gasteiger partial charge in [0.15, 0.2) is 0 Å². The second-order valence-corrected chi connectivity index (χ2v) is 3.38. The van der Waals surface area contributed by atoms with Crippen LogP contribution >= 0.6 is 0 Å². The van der Waals surface area contributed by atoms with Crippen molar-refractivity contribution in [2.24, 2.45) is 0 Å². The third-order valence-electron chi connectivity index (χ3n) is 2.28. The molecule has 0 amide bonds. The maximum Gasteiger partial charge on any atom is 0.118 e. The molecule has 1 N–H and O–H groups in total. The van der Waals surface area contributed by atoms with E-state index < -0.39 is 0 Å². The summed E-state index contributed by atoms with van der Waals surface area (Å²) < 4.78 is 5.08. The van der Waals surface area contributed by atoms with E-state index in [4.69, 9.17) is 9.84 Å². The van der Waals surface area contributed by atoms with E-state index in [1.54, 1.807) is 7.11 Å². The molecule has 0 heterocycles. The summed E-state index contributed by atoms with van der Waals surface area (Å²) in [4.78, 5) is 0. The van der Waals surface area contributed by atoms with Crippen LogP contribution in [0.2, 0.25) is 0 Å². The fraction of sp³-hybridized carbons (Fsp3) is 0.571. The second kappa shape index (κ2) is 10.5. The zero-order valence-electron chi connectivity index (χ0n) is 10.7. The van der Waals surface area contributed by atoms with Crippen molar-refractivity contribution < 1.29 is 9.84 Å². The molecule has 0 spiro atoms. The van der Waals surface area contributed by atoms with Gasteiger partial charge in [-0.05, 0) is 37.0 Å². The fourth-order valence-electron chi connectivity index (χ4n) is 1.41. The van der Waals surface area contributed by atoms with Gasteiger partial charge >= 0.3 is 0 Å². The molecule has 0 atom stereocenters. The molecule has 0 saturated heterocycles. The Morgan fingerprint density at radius 3 is 2.12 bits per heavy atom. The standard InChI is InChI=1S/C12H18O2.C2H6/c1-14-12-8-6-11(7-9-12)5-3-2-4-10-13;1-2/h6-9,13H,2-5,10H2,1H3;1-2H3. The molecule has 0 aliphatic heterocycles. The second-order valence-electron chi connectivity index (χ2n) is 3.38. The van der Waals surface area contributed by atoms with Gasteiger partial charge in [-0.1, -0.05) is 32.4 Å². The van der Waals surface area contributed by atoms with Crippen molar-refractivity contribution in [2.45, 2.75) is 39.5 Å². The first-order valence-corrected chi connectivity index (χ1v) is 6.10. The highest BCUT2D eigenvalue weighted by atomic mass is 16.5. The molecule has 0 fully saturated rings. The molecule has 0 aliphatic rings. The number of rotatable bonds is 6. The maximum atomic E-state index is 8.62. The average Bonchev–Trinajstić information content (AvgIpc) is 2.38. The fourth-order valence-corrected chi connectivity index (χ4v) is 1.41. The van der Waals surface area contributed by atoms with Crippen LogP contribution in [0, 0.1) is 0 Å². The highest BCUT2D eigenvalue weighted by Crippen LogP contribution is 2.13. The Morgan fingerprint density at radius 2 is 1.62 bits per heavy atom. The van der Waals surface area contributed by atoms with Crippen molar-refractivity contribution in [1.82, 2.24) is 0 Å². The Morgan fingerprint density at radius 1 is 1.00 bits per heavy atom. The number of benzene rings is 1. The lowest BCUT2D eigenvalue weighted by Gasteiger charge is -2.02. The number of methoxy groups -OCH3 is 1. The van der Waals surface area contributed by atoms with Crippen LogP contribution in [0.5, 0.6) is 5.75 Å². The molecular formula is C14H24O2. The molecule has 0 saturated carbocycles. The van der Waals surface area contributed by atoms with Crippen molar-refractivity contribution in [3.63, 3.8) is 0 Å². The molecule has 1 rings (SSSR count). The highest BCUT2D eigenvalue weighted by Gasteiger charge is 1.94. The molecule has 1 aromatic carbocycles. The molecule has 0 bridgehead atoms. The van der Waals surface area contributed by atoms with E-state index in [0.29, 0.717) is 6.61 Å².